The highest BCUT2D eigenvalue weighted by molar-refractivity contribution is 5.71. The summed E-state index contributed by atoms with van der Waals surface area (Å²) in [5, 5.41) is 0. The number of rotatable bonds is 52. The van der Waals surface area contributed by atoms with Crippen LogP contribution < -0.4 is 0 Å². The minimum absolute atomic E-state index is 0.116. The maximum absolute atomic E-state index is 12.9. The zero-order chi connectivity index (χ0) is 52.9. The van der Waals surface area contributed by atoms with Gasteiger partial charge in [0.1, 0.15) is 13.2 Å². The molecule has 0 aromatic heterocycles. The Morgan fingerprint density at radius 3 is 0.932 bits per heavy atom. The SMILES string of the molecule is CC/C=C\C/C=C\C/C=C\C/C=C\C/C=C\C/C=C\CCC(=O)OC[C@H](COC(=O)CCCCCCCCCCC/C=C\CCCCCCCC)OC(=O)CCCCCC/C=C\C/C=C\C/C=C\C/C=C\CC. The van der Waals surface area contributed by atoms with Crippen molar-refractivity contribution in [3.8, 4) is 0 Å². The Balaban J connectivity index is 4.55. The minimum Gasteiger partial charge on any atom is -0.462 e. The largest absolute Gasteiger partial charge is 0.462 e. The van der Waals surface area contributed by atoms with Gasteiger partial charge in [-0.25, -0.2) is 0 Å². The van der Waals surface area contributed by atoms with Crippen LogP contribution in [0.4, 0.5) is 0 Å². The molecule has 0 heterocycles. The Labute approximate surface area is 449 Å². The number of unbranched alkanes of at least 4 members (excludes halogenated alkanes) is 19. The van der Waals surface area contributed by atoms with E-state index >= 15 is 0 Å². The fourth-order valence-corrected chi connectivity index (χ4v) is 7.75. The van der Waals surface area contributed by atoms with Crippen LogP contribution in [0.15, 0.2) is 134 Å². The van der Waals surface area contributed by atoms with Gasteiger partial charge in [-0.2, -0.15) is 0 Å². The standard InChI is InChI=1S/C67H108O6/c1-4-7-10-13-16-19-22-25-28-31-33-36-38-41-44-47-50-53-56-59-65(68)71-62-64(73-67(70)61-58-55-52-49-46-43-40-35-30-27-24-21-18-15-12-9-6-3)63-72-66(69)60-57-54-51-48-45-42-39-37-34-32-29-26-23-20-17-14-11-8-5-2/h7,9-10,12,16,18-19,21,25-30,33,36,40-41,43-44,50,53,64H,4-6,8,11,13-15,17,20,22-24,31-32,34-35,37-39,42,45-49,51-52,54-63H2,1-3H3/b10-7-,12-9-,19-16-,21-18-,28-25-,29-26-,30-27-,36-33-,43-40-,44-41-,53-50-/t64-/m1/s1. The lowest BCUT2D eigenvalue weighted by Gasteiger charge is -2.18. The van der Waals surface area contributed by atoms with Crippen molar-refractivity contribution in [2.75, 3.05) is 13.2 Å². The van der Waals surface area contributed by atoms with Crippen molar-refractivity contribution in [3.63, 3.8) is 0 Å². The van der Waals surface area contributed by atoms with E-state index in [0.717, 1.165) is 116 Å². The second-order valence-electron chi connectivity index (χ2n) is 19.1. The smallest absolute Gasteiger partial charge is 0.306 e. The van der Waals surface area contributed by atoms with Crippen LogP contribution in [-0.4, -0.2) is 37.2 Å². The topological polar surface area (TPSA) is 78.9 Å². The quantitative estimate of drug-likeness (QED) is 0.0261. The third-order valence-electron chi connectivity index (χ3n) is 12.1. The van der Waals surface area contributed by atoms with E-state index in [1.54, 1.807) is 0 Å². The van der Waals surface area contributed by atoms with Crippen LogP contribution in [0.25, 0.3) is 0 Å². The minimum atomic E-state index is -0.828. The van der Waals surface area contributed by atoms with Crippen LogP contribution in [0.5, 0.6) is 0 Å². The van der Waals surface area contributed by atoms with Crippen molar-refractivity contribution in [3.05, 3.63) is 134 Å². The number of carbonyl (C=O) groups is 3. The molecule has 0 saturated heterocycles. The highest BCUT2D eigenvalue weighted by Crippen LogP contribution is 2.14. The first-order valence-electron chi connectivity index (χ1n) is 29.7. The Bertz CT molecular complexity index is 1580. The lowest BCUT2D eigenvalue weighted by molar-refractivity contribution is -0.166. The van der Waals surface area contributed by atoms with Gasteiger partial charge in [-0.3, -0.25) is 14.4 Å². The van der Waals surface area contributed by atoms with E-state index in [2.05, 4.69) is 148 Å². The average molecular weight is 1010 g/mol. The molecule has 0 radical (unpaired) electrons. The molecule has 0 aliphatic carbocycles. The van der Waals surface area contributed by atoms with Gasteiger partial charge in [0.05, 0.1) is 0 Å². The van der Waals surface area contributed by atoms with Crippen LogP contribution in [0.3, 0.4) is 0 Å². The van der Waals surface area contributed by atoms with Gasteiger partial charge < -0.3 is 14.2 Å². The van der Waals surface area contributed by atoms with Crippen molar-refractivity contribution in [2.24, 2.45) is 0 Å². The van der Waals surface area contributed by atoms with Gasteiger partial charge in [0.15, 0.2) is 6.10 Å². The van der Waals surface area contributed by atoms with Crippen LogP contribution in [0.1, 0.15) is 252 Å². The number of carbonyl (C=O) groups excluding carboxylic acids is 3. The Morgan fingerprint density at radius 1 is 0.288 bits per heavy atom. The van der Waals surface area contributed by atoms with Crippen molar-refractivity contribution in [2.45, 2.75) is 258 Å². The van der Waals surface area contributed by atoms with Gasteiger partial charge in [0.2, 0.25) is 0 Å². The monoisotopic (exact) mass is 1010 g/mol. The first-order chi connectivity index (χ1) is 36.0. The van der Waals surface area contributed by atoms with E-state index in [1.807, 2.05) is 6.08 Å². The molecular weight excluding hydrogens is 901 g/mol. The van der Waals surface area contributed by atoms with Gasteiger partial charge >= 0.3 is 17.9 Å². The second kappa shape index (κ2) is 60.1. The summed E-state index contributed by atoms with van der Waals surface area (Å²) in [5.74, 6) is -1.03. The summed E-state index contributed by atoms with van der Waals surface area (Å²) in [7, 11) is 0. The molecule has 1 atom stereocenters. The maximum Gasteiger partial charge on any atom is 0.306 e. The maximum atomic E-state index is 12.9. The van der Waals surface area contributed by atoms with Crippen LogP contribution in [-0.2, 0) is 28.6 Å². The fourth-order valence-electron chi connectivity index (χ4n) is 7.75. The zero-order valence-corrected chi connectivity index (χ0v) is 47.1. The summed E-state index contributed by atoms with van der Waals surface area (Å²) in [6, 6.07) is 0. The molecule has 0 bridgehead atoms. The van der Waals surface area contributed by atoms with Crippen LogP contribution in [0.2, 0.25) is 0 Å². The molecule has 0 aliphatic heterocycles. The van der Waals surface area contributed by atoms with E-state index < -0.39 is 6.10 Å². The highest BCUT2D eigenvalue weighted by atomic mass is 16.6. The summed E-state index contributed by atoms with van der Waals surface area (Å²) in [4.78, 5) is 38.2. The first-order valence-corrected chi connectivity index (χ1v) is 29.7. The van der Waals surface area contributed by atoms with Gasteiger partial charge in [-0.15, -0.1) is 0 Å². The molecule has 0 saturated carbocycles. The average Bonchev–Trinajstić information content (AvgIpc) is 3.39. The van der Waals surface area contributed by atoms with E-state index in [4.69, 9.17) is 14.2 Å². The summed E-state index contributed by atoms with van der Waals surface area (Å²) < 4.78 is 16.8. The predicted octanol–water partition coefficient (Wildman–Crippen LogP) is 20.2. The van der Waals surface area contributed by atoms with Crippen molar-refractivity contribution >= 4 is 17.9 Å². The molecule has 0 unspecified atom stereocenters. The summed E-state index contributed by atoms with van der Waals surface area (Å²) in [6.45, 7) is 6.32. The molecule has 0 amide bonds. The van der Waals surface area contributed by atoms with Gasteiger partial charge in [0, 0.05) is 19.3 Å². The van der Waals surface area contributed by atoms with Crippen molar-refractivity contribution in [1.29, 1.82) is 0 Å². The molecule has 0 rings (SSSR count). The molecule has 0 fully saturated rings. The predicted molar refractivity (Wildman–Crippen MR) is 316 cm³/mol. The number of hydrogen-bond donors (Lipinski definition) is 0. The molecule has 0 aromatic carbocycles. The molecule has 0 aliphatic rings. The Kier molecular flexibility index (Phi) is 56.4. The van der Waals surface area contributed by atoms with E-state index in [9.17, 15) is 14.4 Å². The van der Waals surface area contributed by atoms with E-state index in [-0.39, 0.29) is 44.0 Å². The van der Waals surface area contributed by atoms with E-state index in [1.165, 1.54) is 89.9 Å². The Hall–Kier alpha value is -4.45. The molecule has 412 valence electrons. The lowest BCUT2D eigenvalue weighted by Crippen LogP contribution is -2.30. The summed E-state index contributed by atoms with van der Waals surface area (Å²) in [6.07, 6.45) is 84.5. The van der Waals surface area contributed by atoms with Gasteiger partial charge in [0.25, 0.3) is 0 Å². The molecule has 0 aromatic rings. The third-order valence-corrected chi connectivity index (χ3v) is 12.1. The van der Waals surface area contributed by atoms with Crippen LogP contribution >= 0.6 is 0 Å². The number of esters is 3. The number of ether oxygens (including phenoxy) is 3. The summed E-state index contributed by atoms with van der Waals surface area (Å²) >= 11 is 0. The fraction of sp³-hybridized carbons (Fsp3) is 0.627. The Morgan fingerprint density at radius 2 is 0.562 bits per heavy atom. The van der Waals surface area contributed by atoms with Crippen molar-refractivity contribution < 1.29 is 28.6 Å². The molecule has 6 heteroatoms. The highest BCUT2D eigenvalue weighted by Gasteiger charge is 2.19. The summed E-state index contributed by atoms with van der Waals surface area (Å²) in [5.41, 5.74) is 0. The second-order valence-corrected chi connectivity index (χ2v) is 19.1. The number of hydrogen-bond acceptors (Lipinski definition) is 6. The number of allylic oxidation sites excluding steroid dienone is 22. The zero-order valence-electron chi connectivity index (χ0n) is 47.1. The van der Waals surface area contributed by atoms with Gasteiger partial charge in [-0.05, 0) is 122 Å². The lowest BCUT2D eigenvalue weighted by atomic mass is 10.1. The van der Waals surface area contributed by atoms with Crippen LogP contribution in [0, 0.1) is 0 Å². The molecule has 73 heavy (non-hydrogen) atoms. The molecular formula is C67H108O6. The van der Waals surface area contributed by atoms with Gasteiger partial charge in [-0.1, -0.05) is 244 Å². The van der Waals surface area contributed by atoms with E-state index in [0.29, 0.717) is 12.8 Å². The normalized spacial score (nSPS) is 13.1. The third kappa shape index (κ3) is 58.3. The molecule has 0 N–H and O–H groups in total. The van der Waals surface area contributed by atoms with Crippen molar-refractivity contribution in [1.82, 2.24) is 0 Å². The molecule has 0 spiro atoms. The first kappa shape index (κ1) is 68.6. The molecule has 6 nitrogen and oxygen atoms in total.